The highest BCUT2D eigenvalue weighted by molar-refractivity contribution is 5.79. The molecule has 1 heterocycles. The van der Waals surface area contributed by atoms with E-state index in [0.717, 1.165) is 42.6 Å². The number of likely N-dealkylation sites (tertiary alicyclic amines) is 1. The third kappa shape index (κ3) is 4.42. The highest BCUT2D eigenvalue weighted by atomic mass is 16.5. The van der Waals surface area contributed by atoms with Gasteiger partial charge in [-0.25, -0.2) is 0 Å². The number of carbonyl (C=O) groups excluding carboxylic acids is 1. The molecule has 3 rings (SSSR count). The topological polar surface area (TPSA) is 29.5 Å². The Labute approximate surface area is 137 Å². The van der Waals surface area contributed by atoms with Crippen LogP contribution in [0, 0.1) is 0 Å². The van der Waals surface area contributed by atoms with Crippen molar-refractivity contribution in [3.8, 4) is 0 Å². The van der Waals surface area contributed by atoms with Crippen LogP contribution in [0.1, 0.15) is 29.5 Å². The van der Waals surface area contributed by atoms with Crippen molar-refractivity contribution in [3.05, 3.63) is 71.3 Å². The van der Waals surface area contributed by atoms with Crippen molar-refractivity contribution in [3.63, 3.8) is 0 Å². The molecule has 1 aliphatic rings. The second kappa shape index (κ2) is 7.93. The zero-order valence-electron chi connectivity index (χ0n) is 13.4. The number of hydrogen-bond acceptors (Lipinski definition) is 2. The minimum absolute atomic E-state index is 0.234. The maximum atomic E-state index is 12.3. The van der Waals surface area contributed by atoms with E-state index in [1.54, 1.807) is 0 Å². The average Bonchev–Trinajstić information content (AvgIpc) is 3.12. The molecule has 3 nitrogen and oxygen atoms in total. The van der Waals surface area contributed by atoms with Crippen molar-refractivity contribution < 1.29 is 9.53 Å². The Morgan fingerprint density at radius 1 is 0.870 bits per heavy atom. The summed E-state index contributed by atoms with van der Waals surface area (Å²) in [6, 6.07) is 18.2. The van der Waals surface area contributed by atoms with Crippen LogP contribution in [0.15, 0.2) is 54.6 Å². The molecule has 0 saturated carbocycles. The Bertz CT molecular complexity index is 633. The number of benzene rings is 2. The fourth-order valence-corrected chi connectivity index (χ4v) is 2.97. The first-order valence-electron chi connectivity index (χ1n) is 8.29. The molecule has 1 fully saturated rings. The lowest BCUT2D eigenvalue weighted by Crippen LogP contribution is -2.29. The molecular formula is C20H23NO2. The summed E-state index contributed by atoms with van der Waals surface area (Å²) in [4.78, 5) is 14.3. The van der Waals surface area contributed by atoms with Crippen molar-refractivity contribution in [1.82, 2.24) is 4.90 Å². The van der Waals surface area contributed by atoms with Crippen LogP contribution in [0.25, 0.3) is 0 Å². The van der Waals surface area contributed by atoms with Crippen LogP contribution in [0.4, 0.5) is 0 Å². The second-order valence-electron chi connectivity index (χ2n) is 6.01. The summed E-state index contributed by atoms with van der Waals surface area (Å²) < 4.78 is 5.83. The van der Waals surface area contributed by atoms with Crippen LogP contribution >= 0.6 is 0 Å². The molecule has 0 spiro atoms. The summed E-state index contributed by atoms with van der Waals surface area (Å²) in [6.07, 6.45) is 2.74. The molecule has 0 unspecified atom stereocenters. The molecule has 0 radical (unpaired) electrons. The van der Waals surface area contributed by atoms with Crippen LogP contribution in [0.3, 0.4) is 0 Å². The predicted octanol–water partition coefficient (Wildman–Crippen LogP) is 3.57. The quantitative estimate of drug-likeness (QED) is 0.816. The summed E-state index contributed by atoms with van der Waals surface area (Å²) in [5.74, 6) is 0.234. The Balaban J connectivity index is 1.58. The van der Waals surface area contributed by atoms with Crippen LogP contribution < -0.4 is 0 Å². The van der Waals surface area contributed by atoms with Crippen molar-refractivity contribution >= 4 is 5.91 Å². The number of amides is 1. The van der Waals surface area contributed by atoms with Gasteiger partial charge < -0.3 is 9.64 Å². The van der Waals surface area contributed by atoms with Gasteiger partial charge in [0.15, 0.2) is 0 Å². The summed E-state index contributed by atoms with van der Waals surface area (Å²) in [5.41, 5.74) is 3.35. The minimum atomic E-state index is 0.234. The van der Waals surface area contributed by atoms with E-state index in [9.17, 15) is 4.79 Å². The standard InChI is InChI=1S/C20H23NO2/c22-20(21-12-6-7-13-21)14-18-10-4-5-11-19(18)16-23-15-17-8-2-1-3-9-17/h1-5,8-11H,6-7,12-16H2. The van der Waals surface area contributed by atoms with Gasteiger partial charge in [0.2, 0.25) is 5.91 Å². The summed E-state index contributed by atoms with van der Waals surface area (Å²) >= 11 is 0. The molecule has 120 valence electrons. The summed E-state index contributed by atoms with van der Waals surface area (Å²) in [7, 11) is 0. The lowest BCUT2D eigenvalue weighted by Gasteiger charge is -2.16. The molecular weight excluding hydrogens is 286 g/mol. The van der Waals surface area contributed by atoms with E-state index < -0.39 is 0 Å². The van der Waals surface area contributed by atoms with E-state index in [1.165, 1.54) is 0 Å². The largest absolute Gasteiger partial charge is 0.372 e. The molecule has 3 heteroatoms. The first-order chi connectivity index (χ1) is 11.3. The number of hydrogen-bond donors (Lipinski definition) is 0. The van der Waals surface area contributed by atoms with Gasteiger partial charge in [-0.2, -0.15) is 0 Å². The van der Waals surface area contributed by atoms with Gasteiger partial charge in [-0.15, -0.1) is 0 Å². The third-order valence-corrected chi connectivity index (χ3v) is 4.29. The van der Waals surface area contributed by atoms with Gasteiger partial charge in [0.25, 0.3) is 0 Å². The Morgan fingerprint density at radius 3 is 2.26 bits per heavy atom. The van der Waals surface area contributed by atoms with Crippen LogP contribution in [-0.4, -0.2) is 23.9 Å². The number of nitrogens with zero attached hydrogens (tertiary/aromatic N) is 1. The Hall–Kier alpha value is -2.13. The van der Waals surface area contributed by atoms with E-state index in [2.05, 4.69) is 18.2 Å². The van der Waals surface area contributed by atoms with Gasteiger partial charge in [-0.05, 0) is 29.5 Å². The van der Waals surface area contributed by atoms with Crippen molar-refractivity contribution in [2.75, 3.05) is 13.1 Å². The van der Waals surface area contributed by atoms with Gasteiger partial charge >= 0.3 is 0 Å². The molecule has 1 aliphatic heterocycles. The molecule has 2 aromatic carbocycles. The number of ether oxygens (including phenoxy) is 1. The first-order valence-corrected chi connectivity index (χ1v) is 8.29. The molecule has 23 heavy (non-hydrogen) atoms. The Morgan fingerprint density at radius 2 is 1.52 bits per heavy atom. The van der Waals surface area contributed by atoms with Gasteiger partial charge in [-0.1, -0.05) is 54.6 Å². The summed E-state index contributed by atoms with van der Waals surface area (Å²) in [6.45, 7) is 2.95. The zero-order valence-corrected chi connectivity index (χ0v) is 13.4. The van der Waals surface area contributed by atoms with E-state index in [-0.39, 0.29) is 5.91 Å². The molecule has 2 aromatic rings. The lowest BCUT2D eigenvalue weighted by molar-refractivity contribution is -0.129. The van der Waals surface area contributed by atoms with Crippen molar-refractivity contribution in [2.24, 2.45) is 0 Å². The maximum absolute atomic E-state index is 12.3. The van der Waals surface area contributed by atoms with Gasteiger partial charge in [0.1, 0.15) is 0 Å². The number of carbonyl (C=O) groups is 1. The smallest absolute Gasteiger partial charge is 0.227 e. The predicted molar refractivity (Wildman–Crippen MR) is 90.9 cm³/mol. The van der Waals surface area contributed by atoms with E-state index in [0.29, 0.717) is 19.6 Å². The normalized spacial score (nSPS) is 14.2. The van der Waals surface area contributed by atoms with Crippen LogP contribution in [0.2, 0.25) is 0 Å². The third-order valence-electron chi connectivity index (χ3n) is 4.29. The van der Waals surface area contributed by atoms with Crippen LogP contribution in [-0.2, 0) is 29.2 Å². The molecule has 0 aliphatic carbocycles. The Kier molecular flexibility index (Phi) is 5.43. The monoisotopic (exact) mass is 309 g/mol. The SMILES string of the molecule is O=C(Cc1ccccc1COCc1ccccc1)N1CCCC1. The molecule has 0 atom stereocenters. The fourth-order valence-electron chi connectivity index (χ4n) is 2.97. The molecule has 1 amide bonds. The zero-order chi connectivity index (χ0) is 15.9. The first kappa shape index (κ1) is 15.8. The lowest BCUT2D eigenvalue weighted by atomic mass is 10.0. The second-order valence-corrected chi connectivity index (χ2v) is 6.01. The molecule has 0 aromatic heterocycles. The van der Waals surface area contributed by atoms with Gasteiger partial charge in [0.05, 0.1) is 19.6 Å². The average molecular weight is 309 g/mol. The molecule has 1 saturated heterocycles. The fraction of sp³-hybridized carbons (Fsp3) is 0.350. The highest BCUT2D eigenvalue weighted by Crippen LogP contribution is 2.15. The molecule has 0 bridgehead atoms. The van der Waals surface area contributed by atoms with E-state index in [4.69, 9.17) is 4.74 Å². The number of rotatable bonds is 6. The van der Waals surface area contributed by atoms with E-state index in [1.807, 2.05) is 41.3 Å². The van der Waals surface area contributed by atoms with Gasteiger partial charge in [-0.3, -0.25) is 4.79 Å². The van der Waals surface area contributed by atoms with Gasteiger partial charge in [0, 0.05) is 13.1 Å². The summed E-state index contributed by atoms with van der Waals surface area (Å²) in [5, 5.41) is 0. The highest BCUT2D eigenvalue weighted by Gasteiger charge is 2.18. The minimum Gasteiger partial charge on any atom is -0.372 e. The van der Waals surface area contributed by atoms with Crippen molar-refractivity contribution in [2.45, 2.75) is 32.5 Å². The van der Waals surface area contributed by atoms with E-state index >= 15 is 0 Å². The van der Waals surface area contributed by atoms with Crippen molar-refractivity contribution in [1.29, 1.82) is 0 Å². The van der Waals surface area contributed by atoms with Crippen LogP contribution in [0.5, 0.6) is 0 Å². The molecule has 0 N–H and O–H groups in total. The maximum Gasteiger partial charge on any atom is 0.227 e.